The number of halogens is 1. The Labute approximate surface area is 161 Å². The van der Waals surface area contributed by atoms with Gasteiger partial charge in [-0.3, -0.25) is 0 Å². The lowest BCUT2D eigenvalue weighted by Gasteiger charge is -2.10. The molecule has 0 aliphatic carbocycles. The van der Waals surface area contributed by atoms with Gasteiger partial charge in [-0.25, -0.2) is 18.5 Å². The Morgan fingerprint density at radius 2 is 2.09 bits per heavy atom. The fraction of sp³-hybridized carbons (Fsp3) is 0.308. The fourth-order valence-electron chi connectivity index (χ4n) is 1.67. The lowest BCUT2D eigenvalue weighted by Crippen LogP contribution is -2.36. The first-order valence-corrected chi connectivity index (χ1v) is 9.94. The Balaban J connectivity index is 0.00000264. The van der Waals surface area contributed by atoms with Crippen LogP contribution in [-0.2, 0) is 23.1 Å². The lowest BCUT2D eigenvalue weighted by molar-refractivity contribution is 0.600. The van der Waals surface area contributed by atoms with Gasteiger partial charge >= 0.3 is 0 Å². The molecule has 0 spiro atoms. The molecule has 0 aliphatic heterocycles. The first-order chi connectivity index (χ1) is 10.5. The maximum absolute atomic E-state index is 11.3. The number of sulfonamides is 1. The van der Waals surface area contributed by atoms with Gasteiger partial charge in [0.15, 0.2) is 5.96 Å². The lowest BCUT2D eigenvalue weighted by atomic mass is 10.3. The van der Waals surface area contributed by atoms with Crippen LogP contribution in [0.5, 0.6) is 0 Å². The minimum Gasteiger partial charge on any atom is -0.357 e. The van der Waals surface area contributed by atoms with Crippen molar-refractivity contribution < 1.29 is 8.42 Å². The highest BCUT2D eigenvalue weighted by atomic mass is 127. The number of rotatable bonds is 6. The van der Waals surface area contributed by atoms with Crippen LogP contribution >= 0.6 is 46.7 Å². The van der Waals surface area contributed by atoms with E-state index in [-0.39, 0.29) is 28.2 Å². The van der Waals surface area contributed by atoms with Gasteiger partial charge in [0.1, 0.15) is 4.21 Å². The smallest absolute Gasteiger partial charge is 0.247 e. The SMILES string of the molecule is CCNC(=NCc1ccsc1)NCc1ccc(S(N)(=O)=O)s1.I. The number of nitrogens with one attached hydrogen (secondary N) is 2. The molecule has 2 rings (SSSR count). The van der Waals surface area contributed by atoms with E-state index in [1.165, 1.54) is 6.07 Å². The van der Waals surface area contributed by atoms with Crippen molar-refractivity contribution in [1.29, 1.82) is 0 Å². The van der Waals surface area contributed by atoms with Crippen LogP contribution in [0.15, 0.2) is 38.2 Å². The molecule has 0 radical (unpaired) electrons. The average molecular weight is 486 g/mol. The van der Waals surface area contributed by atoms with Gasteiger partial charge in [0.05, 0.1) is 13.1 Å². The summed E-state index contributed by atoms with van der Waals surface area (Å²) in [4.78, 5) is 5.37. The van der Waals surface area contributed by atoms with Crippen molar-refractivity contribution >= 4 is 62.6 Å². The Morgan fingerprint density at radius 3 is 2.65 bits per heavy atom. The summed E-state index contributed by atoms with van der Waals surface area (Å²) in [5, 5.41) is 15.5. The second-order valence-electron chi connectivity index (χ2n) is 4.45. The number of nitrogens with zero attached hydrogens (tertiary/aromatic N) is 1. The Kier molecular flexibility index (Phi) is 8.47. The molecule has 10 heteroatoms. The molecule has 128 valence electrons. The molecule has 0 aromatic carbocycles. The molecule has 6 nitrogen and oxygen atoms in total. The van der Waals surface area contributed by atoms with E-state index in [4.69, 9.17) is 5.14 Å². The van der Waals surface area contributed by atoms with Crippen molar-refractivity contribution in [3.8, 4) is 0 Å². The Morgan fingerprint density at radius 1 is 1.30 bits per heavy atom. The van der Waals surface area contributed by atoms with Crippen LogP contribution in [0.4, 0.5) is 0 Å². The predicted molar refractivity (Wildman–Crippen MR) is 107 cm³/mol. The summed E-state index contributed by atoms with van der Waals surface area (Å²) in [6.07, 6.45) is 0. The first kappa shape index (κ1) is 20.4. The summed E-state index contributed by atoms with van der Waals surface area (Å²) in [5.41, 5.74) is 1.16. The molecule has 2 aromatic heterocycles. The summed E-state index contributed by atoms with van der Waals surface area (Å²) in [6, 6.07) is 5.31. The number of hydrogen-bond donors (Lipinski definition) is 3. The third-order valence-corrected chi connectivity index (χ3v) is 5.95. The standard InChI is InChI=1S/C13H18N4O2S3.HI/c1-2-15-13(16-7-10-5-6-20-9-10)17-8-11-3-4-12(21-11)22(14,18)19;/h3-6,9H,2,7-8H2,1H3,(H2,14,18,19)(H2,15,16,17);1H. The zero-order chi connectivity index (χ0) is 16.0. The molecule has 0 unspecified atom stereocenters. The third kappa shape index (κ3) is 6.75. The highest BCUT2D eigenvalue weighted by molar-refractivity contribution is 14.0. The van der Waals surface area contributed by atoms with Gasteiger partial charge in [-0.15, -0.1) is 35.3 Å². The number of guanidine groups is 1. The van der Waals surface area contributed by atoms with Crippen LogP contribution in [0.2, 0.25) is 0 Å². The third-order valence-electron chi connectivity index (χ3n) is 2.69. The monoisotopic (exact) mass is 486 g/mol. The van der Waals surface area contributed by atoms with E-state index in [1.54, 1.807) is 17.4 Å². The predicted octanol–water partition coefficient (Wildman–Crippen LogP) is 2.33. The van der Waals surface area contributed by atoms with Crippen LogP contribution in [-0.4, -0.2) is 20.9 Å². The normalized spacial score (nSPS) is 11.8. The highest BCUT2D eigenvalue weighted by Crippen LogP contribution is 2.19. The first-order valence-electron chi connectivity index (χ1n) is 6.64. The maximum atomic E-state index is 11.3. The number of primary sulfonamides is 1. The van der Waals surface area contributed by atoms with Gasteiger partial charge < -0.3 is 10.6 Å². The van der Waals surface area contributed by atoms with Crippen molar-refractivity contribution in [3.05, 3.63) is 39.4 Å². The summed E-state index contributed by atoms with van der Waals surface area (Å²) in [7, 11) is -3.62. The van der Waals surface area contributed by atoms with Crippen molar-refractivity contribution in [2.75, 3.05) is 6.54 Å². The zero-order valence-electron chi connectivity index (χ0n) is 12.5. The molecule has 2 heterocycles. The maximum Gasteiger partial charge on any atom is 0.247 e. The Bertz CT molecular complexity index is 726. The van der Waals surface area contributed by atoms with Crippen LogP contribution < -0.4 is 15.8 Å². The minimum absolute atomic E-state index is 0. The molecular formula is C13H19IN4O2S3. The molecule has 0 bridgehead atoms. The molecule has 4 N–H and O–H groups in total. The van der Waals surface area contributed by atoms with Crippen molar-refractivity contribution in [3.63, 3.8) is 0 Å². The average Bonchev–Trinajstić information content (AvgIpc) is 3.12. The minimum atomic E-state index is -3.62. The van der Waals surface area contributed by atoms with Gasteiger partial charge in [-0.05, 0) is 41.4 Å². The summed E-state index contributed by atoms with van der Waals surface area (Å²) < 4.78 is 22.7. The van der Waals surface area contributed by atoms with E-state index in [1.807, 2.05) is 18.4 Å². The summed E-state index contributed by atoms with van der Waals surface area (Å²) in [5.74, 6) is 0.694. The van der Waals surface area contributed by atoms with Gasteiger partial charge in [-0.1, -0.05) is 0 Å². The van der Waals surface area contributed by atoms with Gasteiger partial charge in [-0.2, -0.15) is 11.3 Å². The summed E-state index contributed by atoms with van der Waals surface area (Å²) in [6.45, 7) is 3.84. The van der Waals surface area contributed by atoms with Gasteiger partial charge in [0, 0.05) is 11.4 Å². The molecule has 0 fully saturated rings. The molecule has 0 aliphatic rings. The summed E-state index contributed by atoms with van der Waals surface area (Å²) >= 11 is 2.80. The quantitative estimate of drug-likeness (QED) is 0.332. The number of aliphatic imine (C=N–C) groups is 1. The molecule has 23 heavy (non-hydrogen) atoms. The fourth-order valence-corrected chi connectivity index (χ4v) is 4.05. The van der Waals surface area contributed by atoms with E-state index >= 15 is 0 Å². The molecule has 0 amide bonds. The van der Waals surface area contributed by atoms with E-state index in [2.05, 4.69) is 21.0 Å². The molecular weight excluding hydrogens is 467 g/mol. The van der Waals surface area contributed by atoms with Crippen LogP contribution in [0.25, 0.3) is 0 Å². The second kappa shape index (κ2) is 9.57. The second-order valence-corrected chi connectivity index (χ2v) is 8.18. The topological polar surface area (TPSA) is 96.6 Å². The number of hydrogen-bond acceptors (Lipinski definition) is 5. The van der Waals surface area contributed by atoms with E-state index in [0.717, 1.165) is 28.3 Å². The van der Waals surface area contributed by atoms with Crippen molar-refractivity contribution in [2.45, 2.75) is 24.2 Å². The molecule has 0 saturated carbocycles. The van der Waals surface area contributed by atoms with Gasteiger partial charge in [0.25, 0.3) is 0 Å². The highest BCUT2D eigenvalue weighted by Gasteiger charge is 2.11. The van der Waals surface area contributed by atoms with E-state index < -0.39 is 10.0 Å². The van der Waals surface area contributed by atoms with Crippen molar-refractivity contribution in [1.82, 2.24) is 10.6 Å². The number of nitrogens with two attached hydrogens (primary N) is 1. The van der Waals surface area contributed by atoms with E-state index in [9.17, 15) is 8.42 Å². The molecule has 0 saturated heterocycles. The van der Waals surface area contributed by atoms with Gasteiger partial charge in [0.2, 0.25) is 10.0 Å². The van der Waals surface area contributed by atoms with Crippen LogP contribution in [0.1, 0.15) is 17.4 Å². The van der Waals surface area contributed by atoms with Crippen LogP contribution in [0, 0.1) is 0 Å². The zero-order valence-corrected chi connectivity index (χ0v) is 17.3. The van der Waals surface area contributed by atoms with Crippen molar-refractivity contribution in [2.24, 2.45) is 10.1 Å². The number of thiophene rings is 2. The van der Waals surface area contributed by atoms with Crippen LogP contribution in [0.3, 0.4) is 0 Å². The Hall–Kier alpha value is -0.690. The van der Waals surface area contributed by atoms with E-state index in [0.29, 0.717) is 19.0 Å². The molecule has 2 aromatic rings. The largest absolute Gasteiger partial charge is 0.357 e. The molecule has 0 atom stereocenters.